The van der Waals surface area contributed by atoms with E-state index in [0.717, 1.165) is 38.5 Å². The van der Waals surface area contributed by atoms with Gasteiger partial charge in [0.2, 0.25) is 0 Å². The molecule has 0 radical (unpaired) electrons. The van der Waals surface area contributed by atoms with Gasteiger partial charge in [-0.1, -0.05) is 276 Å². The highest BCUT2D eigenvalue weighted by molar-refractivity contribution is 5.70. The van der Waals surface area contributed by atoms with Crippen LogP contribution in [0, 0.1) is 0 Å². The molecule has 0 aromatic carbocycles. The number of hydrogen-bond donors (Lipinski definition) is 1. The van der Waals surface area contributed by atoms with E-state index >= 15 is 0 Å². The maximum atomic E-state index is 12.3. The molecule has 5 nitrogen and oxygen atoms in total. The van der Waals surface area contributed by atoms with Gasteiger partial charge in [0.1, 0.15) is 6.61 Å². The van der Waals surface area contributed by atoms with E-state index in [2.05, 4.69) is 38.2 Å². The fourth-order valence-corrected chi connectivity index (χ4v) is 8.53. The van der Waals surface area contributed by atoms with Crippen LogP contribution in [0.2, 0.25) is 0 Å². The molecule has 0 heterocycles. The summed E-state index contributed by atoms with van der Waals surface area (Å²) in [5.41, 5.74) is 0. The summed E-state index contributed by atoms with van der Waals surface area (Å²) in [6, 6.07) is 0. The molecule has 0 fully saturated rings. The summed E-state index contributed by atoms with van der Waals surface area (Å²) in [5.74, 6) is -0.571. The minimum absolute atomic E-state index is 0.0583. The van der Waals surface area contributed by atoms with Gasteiger partial charge in [0.05, 0.1) is 6.61 Å². The van der Waals surface area contributed by atoms with Crippen LogP contribution in [-0.4, -0.2) is 36.4 Å². The zero-order chi connectivity index (χ0) is 44.9. The van der Waals surface area contributed by atoms with Gasteiger partial charge in [-0.15, -0.1) is 0 Å². The van der Waals surface area contributed by atoms with Crippen molar-refractivity contribution in [2.45, 2.75) is 315 Å². The van der Waals surface area contributed by atoms with Gasteiger partial charge in [-0.2, -0.15) is 0 Å². The molecule has 5 heteroatoms. The van der Waals surface area contributed by atoms with Crippen LogP contribution in [0.5, 0.6) is 0 Å². The lowest BCUT2D eigenvalue weighted by molar-refractivity contribution is -0.161. The van der Waals surface area contributed by atoms with E-state index in [1.54, 1.807) is 0 Å². The van der Waals surface area contributed by atoms with Crippen LogP contribution in [0.3, 0.4) is 0 Å². The third-order valence-corrected chi connectivity index (χ3v) is 12.7. The van der Waals surface area contributed by atoms with Gasteiger partial charge < -0.3 is 14.6 Å². The molecule has 62 heavy (non-hydrogen) atoms. The SMILES string of the molecule is CCCCCCC/C=C\C/C=C\CCCCCCCCCCCCCCCCCCCCCCCC(=O)OC(CO)COC(=O)CCCCCCCCCCCCCCCCC. The standard InChI is InChI=1S/C57H108O5/c1-3-5-7-9-11-13-15-17-19-20-21-22-23-24-25-26-27-28-29-30-31-32-33-34-35-36-38-40-42-44-46-48-50-52-57(60)62-55(53-58)54-61-56(59)51-49-47-45-43-41-39-37-18-16-14-12-10-8-6-4-2/h15,17,20-21,55,58H,3-14,16,18-19,22-54H2,1-2H3/b17-15-,21-20-. The molecule has 0 bridgehead atoms. The number of unbranched alkanes of at least 4 members (excludes halogenated alkanes) is 40. The highest BCUT2D eigenvalue weighted by Gasteiger charge is 2.16. The fourth-order valence-electron chi connectivity index (χ4n) is 8.53. The number of esters is 2. The number of hydrogen-bond acceptors (Lipinski definition) is 5. The minimum Gasteiger partial charge on any atom is -0.462 e. The van der Waals surface area contributed by atoms with Gasteiger partial charge in [-0.05, 0) is 44.9 Å². The monoisotopic (exact) mass is 873 g/mol. The van der Waals surface area contributed by atoms with E-state index in [-0.39, 0.29) is 25.2 Å². The molecule has 0 saturated carbocycles. The zero-order valence-electron chi connectivity index (χ0n) is 41.9. The molecule has 0 aliphatic heterocycles. The molecule has 0 aliphatic carbocycles. The first-order valence-electron chi connectivity index (χ1n) is 27.9. The molecular formula is C57H108O5. The van der Waals surface area contributed by atoms with E-state index in [4.69, 9.17) is 9.47 Å². The van der Waals surface area contributed by atoms with Gasteiger partial charge in [-0.3, -0.25) is 9.59 Å². The Bertz CT molecular complexity index is 943. The fraction of sp³-hybridized carbons (Fsp3) is 0.895. The van der Waals surface area contributed by atoms with E-state index in [9.17, 15) is 14.7 Å². The van der Waals surface area contributed by atoms with Crippen molar-refractivity contribution in [3.8, 4) is 0 Å². The summed E-state index contributed by atoms with van der Waals surface area (Å²) in [6.07, 6.45) is 67.3. The topological polar surface area (TPSA) is 72.8 Å². The second-order valence-electron chi connectivity index (χ2n) is 19.0. The third kappa shape index (κ3) is 51.0. The Labute approximate surface area is 387 Å². The van der Waals surface area contributed by atoms with E-state index in [1.807, 2.05) is 0 Å². The zero-order valence-corrected chi connectivity index (χ0v) is 41.9. The van der Waals surface area contributed by atoms with Crippen molar-refractivity contribution in [3.63, 3.8) is 0 Å². The minimum atomic E-state index is -0.766. The maximum Gasteiger partial charge on any atom is 0.306 e. The van der Waals surface area contributed by atoms with E-state index in [0.29, 0.717) is 12.8 Å². The average Bonchev–Trinajstić information content (AvgIpc) is 3.28. The second-order valence-corrected chi connectivity index (χ2v) is 19.0. The van der Waals surface area contributed by atoms with Crippen LogP contribution in [0.25, 0.3) is 0 Å². The predicted molar refractivity (Wildman–Crippen MR) is 270 cm³/mol. The van der Waals surface area contributed by atoms with Gasteiger partial charge in [0.15, 0.2) is 6.10 Å². The Hall–Kier alpha value is -1.62. The quantitative estimate of drug-likeness (QED) is 0.0374. The summed E-state index contributed by atoms with van der Waals surface area (Å²) >= 11 is 0. The number of rotatable bonds is 52. The Morgan fingerprint density at radius 1 is 0.371 bits per heavy atom. The first kappa shape index (κ1) is 60.4. The van der Waals surface area contributed by atoms with Crippen LogP contribution in [0.4, 0.5) is 0 Å². The molecule has 0 spiro atoms. The van der Waals surface area contributed by atoms with Crippen LogP contribution in [0.1, 0.15) is 309 Å². The molecule has 0 amide bonds. The Morgan fingerprint density at radius 2 is 0.645 bits per heavy atom. The molecule has 0 saturated heterocycles. The molecule has 366 valence electrons. The number of aliphatic hydroxyl groups is 1. The Kier molecular flexibility index (Phi) is 52.3. The first-order valence-corrected chi connectivity index (χ1v) is 27.9. The van der Waals surface area contributed by atoms with Crippen molar-refractivity contribution in [3.05, 3.63) is 24.3 Å². The van der Waals surface area contributed by atoms with Crippen molar-refractivity contribution in [2.24, 2.45) is 0 Å². The highest BCUT2D eigenvalue weighted by Crippen LogP contribution is 2.17. The second kappa shape index (κ2) is 53.7. The van der Waals surface area contributed by atoms with Crippen LogP contribution in [0.15, 0.2) is 24.3 Å². The van der Waals surface area contributed by atoms with Crippen molar-refractivity contribution < 1.29 is 24.2 Å². The Balaban J connectivity index is 3.39. The number of carbonyl (C=O) groups excluding carboxylic acids is 2. The molecule has 0 aromatic rings. The Morgan fingerprint density at radius 3 is 0.952 bits per heavy atom. The summed E-state index contributed by atoms with van der Waals surface area (Å²) in [5, 5.41) is 9.63. The maximum absolute atomic E-state index is 12.3. The van der Waals surface area contributed by atoms with Crippen LogP contribution >= 0.6 is 0 Å². The molecule has 0 rings (SSSR count). The number of carbonyl (C=O) groups is 2. The van der Waals surface area contributed by atoms with Gasteiger partial charge in [-0.25, -0.2) is 0 Å². The molecule has 1 atom stereocenters. The lowest BCUT2D eigenvalue weighted by atomic mass is 10.0. The predicted octanol–water partition coefficient (Wildman–Crippen LogP) is 18.5. The first-order chi connectivity index (χ1) is 30.6. The molecule has 0 aliphatic rings. The lowest BCUT2D eigenvalue weighted by Crippen LogP contribution is -2.28. The summed E-state index contributed by atoms with van der Waals surface area (Å²) in [6.45, 7) is 4.17. The number of allylic oxidation sites excluding steroid dienone is 4. The van der Waals surface area contributed by atoms with Crippen molar-refractivity contribution in [1.82, 2.24) is 0 Å². The van der Waals surface area contributed by atoms with Gasteiger partial charge in [0, 0.05) is 12.8 Å². The smallest absolute Gasteiger partial charge is 0.306 e. The summed E-state index contributed by atoms with van der Waals surface area (Å²) < 4.78 is 10.7. The molecule has 0 aromatic heterocycles. The highest BCUT2D eigenvalue weighted by atomic mass is 16.6. The van der Waals surface area contributed by atoms with Crippen LogP contribution < -0.4 is 0 Å². The summed E-state index contributed by atoms with van der Waals surface area (Å²) in [7, 11) is 0. The van der Waals surface area contributed by atoms with Crippen LogP contribution in [-0.2, 0) is 19.1 Å². The van der Waals surface area contributed by atoms with Gasteiger partial charge in [0.25, 0.3) is 0 Å². The number of aliphatic hydroxyl groups excluding tert-OH is 1. The molecule has 1 unspecified atom stereocenters. The van der Waals surface area contributed by atoms with Crippen molar-refractivity contribution >= 4 is 11.9 Å². The normalized spacial score (nSPS) is 12.2. The summed E-state index contributed by atoms with van der Waals surface area (Å²) in [4.78, 5) is 24.4. The van der Waals surface area contributed by atoms with E-state index < -0.39 is 6.10 Å². The molecule has 1 N–H and O–H groups in total. The molecular weight excluding hydrogens is 765 g/mol. The third-order valence-electron chi connectivity index (χ3n) is 12.7. The lowest BCUT2D eigenvalue weighted by Gasteiger charge is -2.15. The largest absolute Gasteiger partial charge is 0.462 e. The number of ether oxygens (including phenoxy) is 2. The van der Waals surface area contributed by atoms with Gasteiger partial charge >= 0.3 is 11.9 Å². The van der Waals surface area contributed by atoms with Crippen molar-refractivity contribution in [1.29, 1.82) is 0 Å². The van der Waals surface area contributed by atoms with Crippen molar-refractivity contribution in [2.75, 3.05) is 13.2 Å². The average molecular weight is 873 g/mol. The van der Waals surface area contributed by atoms with E-state index in [1.165, 1.54) is 244 Å².